The zero-order valence-electron chi connectivity index (χ0n) is 6.78. The van der Waals surface area contributed by atoms with Crippen molar-refractivity contribution in [2.24, 2.45) is 0 Å². The molecule has 0 aliphatic heterocycles. The number of halogens is 10. The monoisotopic (exact) mass is 502 g/mol. The molecule has 0 amide bonds. The molecular formula is C6Br4F6. The van der Waals surface area contributed by atoms with Gasteiger partial charge in [0.05, 0.1) is 0 Å². The Balaban J connectivity index is 2.67. The third-order valence-electron chi connectivity index (χ3n) is 2.99. The molecule has 2 aliphatic rings. The minimum absolute atomic E-state index is 1.90. The first-order valence-electron chi connectivity index (χ1n) is 3.64. The quantitative estimate of drug-likeness (QED) is 0.332. The molecule has 2 unspecified atom stereocenters. The number of hydrogen-bond donors (Lipinski definition) is 0. The van der Waals surface area contributed by atoms with Crippen LogP contribution in [-0.4, -0.2) is 29.6 Å². The van der Waals surface area contributed by atoms with Crippen LogP contribution in [0.4, 0.5) is 26.3 Å². The van der Waals surface area contributed by atoms with Crippen molar-refractivity contribution in [2.75, 3.05) is 0 Å². The Morgan fingerprint density at radius 2 is 0.562 bits per heavy atom. The Morgan fingerprint density at radius 3 is 0.688 bits per heavy atom. The van der Waals surface area contributed by atoms with Gasteiger partial charge >= 0.3 is 0 Å². The van der Waals surface area contributed by atoms with E-state index in [1.807, 2.05) is 63.7 Å². The summed E-state index contributed by atoms with van der Waals surface area (Å²) in [6, 6.07) is 0. The van der Waals surface area contributed by atoms with Crippen molar-refractivity contribution in [1.29, 1.82) is 0 Å². The molecule has 0 spiro atoms. The van der Waals surface area contributed by atoms with Crippen LogP contribution in [0.5, 0.6) is 0 Å². The molecular weight excluding hydrogens is 506 g/mol. The molecule has 0 saturated heterocycles. The molecule has 0 nitrogen and oxygen atoms in total. The topological polar surface area (TPSA) is 0 Å². The lowest BCUT2D eigenvalue weighted by Gasteiger charge is -2.75. The molecule has 94 valence electrons. The standard InChI is InChI=1S/C6Br4F6/c7-3(13)1(11)2(12,5(3,9)15)6(10,16)4(1,8)14/t1?,2?,3-,4+,5+,6-. The van der Waals surface area contributed by atoms with E-state index in [9.17, 15) is 26.3 Å². The van der Waals surface area contributed by atoms with E-state index >= 15 is 0 Å². The molecule has 2 fully saturated rings. The summed E-state index contributed by atoms with van der Waals surface area (Å²) in [4.78, 5) is 0. The van der Waals surface area contributed by atoms with Crippen molar-refractivity contribution in [3.05, 3.63) is 0 Å². The molecule has 2 rings (SSSR count). The van der Waals surface area contributed by atoms with Crippen LogP contribution in [0, 0.1) is 0 Å². The van der Waals surface area contributed by atoms with Gasteiger partial charge in [-0.1, -0.05) is 0 Å². The van der Waals surface area contributed by atoms with Crippen LogP contribution in [-0.2, 0) is 0 Å². The zero-order chi connectivity index (χ0) is 13.0. The van der Waals surface area contributed by atoms with Crippen LogP contribution in [0.25, 0.3) is 0 Å². The predicted octanol–water partition coefficient (Wildman–Crippen LogP) is 4.67. The van der Waals surface area contributed by atoms with Gasteiger partial charge in [0, 0.05) is 0 Å². The van der Waals surface area contributed by atoms with Gasteiger partial charge in [0.2, 0.25) is 11.3 Å². The molecule has 0 radical (unpaired) electrons. The molecule has 2 aliphatic carbocycles. The highest BCUT2D eigenvalue weighted by atomic mass is 79.9. The first kappa shape index (κ1) is 13.9. The van der Waals surface area contributed by atoms with Crippen molar-refractivity contribution < 1.29 is 26.3 Å². The van der Waals surface area contributed by atoms with Crippen LogP contribution < -0.4 is 0 Å². The summed E-state index contributed by atoms with van der Waals surface area (Å²) in [6.07, 6.45) is 0. The summed E-state index contributed by atoms with van der Waals surface area (Å²) in [5, 5.41) is 0. The fourth-order valence-electron chi connectivity index (χ4n) is 2.00. The van der Waals surface area contributed by atoms with Crippen LogP contribution in [0.15, 0.2) is 0 Å². The fourth-order valence-corrected chi connectivity index (χ4v) is 5.81. The Morgan fingerprint density at radius 1 is 0.438 bits per heavy atom. The minimum Gasteiger partial charge on any atom is -0.230 e. The van der Waals surface area contributed by atoms with Gasteiger partial charge in [0.15, 0.2) is 0 Å². The Bertz CT molecular complexity index is 313. The Hall–Kier alpha value is 1.50. The second kappa shape index (κ2) is 2.82. The lowest BCUT2D eigenvalue weighted by Crippen LogP contribution is -3.04. The van der Waals surface area contributed by atoms with Crippen LogP contribution in [0.3, 0.4) is 0 Å². The van der Waals surface area contributed by atoms with Gasteiger partial charge in [-0.2, -0.15) is 0 Å². The highest BCUT2D eigenvalue weighted by molar-refractivity contribution is 9.14. The van der Waals surface area contributed by atoms with Crippen molar-refractivity contribution in [3.63, 3.8) is 0 Å². The van der Waals surface area contributed by atoms with E-state index in [0.29, 0.717) is 0 Å². The number of hydrogen-bond acceptors (Lipinski definition) is 0. The smallest absolute Gasteiger partial charge is 0.230 e. The van der Waals surface area contributed by atoms with Gasteiger partial charge < -0.3 is 0 Å². The maximum absolute atomic E-state index is 13.9. The van der Waals surface area contributed by atoms with Gasteiger partial charge in [-0.05, 0) is 63.7 Å². The SMILES string of the molecule is FC12C(F)([C@](F)(Br)[C@]1(F)Br)[C@@](F)(Br)[C@@]2(F)Br. The summed E-state index contributed by atoms with van der Waals surface area (Å²) in [5.74, 6) is 0. The lowest BCUT2D eigenvalue weighted by molar-refractivity contribution is -0.399. The Kier molecular flexibility index (Phi) is 2.45. The van der Waals surface area contributed by atoms with Crippen molar-refractivity contribution in [2.45, 2.75) is 29.6 Å². The third kappa shape index (κ3) is 0.783. The second-order valence-electron chi connectivity index (χ2n) is 3.61. The number of alkyl halides is 10. The maximum atomic E-state index is 13.9. The zero-order valence-corrected chi connectivity index (χ0v) is 13.1. The summed E-state index contributed by atoms with van der Waals surface area (Å²) in [5.41, 5.74) is -8.10. The van der Waals surface area contributed by atoms with Crippen molar-refractivity contribution in [1.82, 2.24) is 0 Å². The van der Waals surface area contributed by atoms with Gasteiger partial charge in [-0.3, -0.25) is 0 Å². The van der Waals surface area contributed by atoms with Crippen molar-refractivity contribution in [3.8, 4) is 0 Å². The molecule has 0 aromatic carbocycles. The maximum Gasteiger partial charge on any atom is 0.253 e. The van der Waals surface area contributed by atoms with Crippen LogP contribution >= 0.6 is 63.7 Å². The number of fused-ring (bicyclic) bond motifs is 1. The van der Waals surface area contributed by atoms with Gasteiger partial charge in [-0.25, -0.2) is 26.3 Å². The van der Waals surface area contributed by atoms with Crippen LogP contribution in [0.2, 0.25) is 0 Å². The van der Waals surface area contributed by atoms with Gasteiger partial charge in [-0.15, -0.1) is 0 Å². The first-order chi connectivity index (χ1) is 6.75. The van der Waals surface area contributed by atoms with Crippen molar-refractivity contribution >= 4 is 63.7 Å². The Labute approximate surface area is 119 Å². The third-order valence-corrected chi connectivity index (χ3v) is 8.43. The van der Waals surface area contributed by atoms with E-state index in [2.05, 4.69) is 0 Å². The summed E-state index contributed by atoms with van der Waals surface area (Å²) in [7, 11) is 0. The highest BCUT2D eigenvalue weighted by Gasteiger charge is 3.14. The van der Waals surface area contributed by atoms with Gasteiger partial charge in [0.1, 0.15) is 0 Å². The molecule has 6 atom stereocenters. The molecule has 0 heterocycles. The van der Waals surface area contributed by atoms with Gasteiger partial charge in [0.25, 0.3) is 18.3 Å². The molecule has 0 aromatic heterocycles. The largest absolute Gasteiger partial charge is 0.253 e. The molecule has 10 heteroatoms. The van der Waals surface area contributed by atoms with Crippen LogP contribution in [0.1, 0.15) is 0 Å². The molecule has 16 heavy (non-hydrogen) atoms. The van der Waals surface area contributed by atoms with E-state index < -0.39 is 29.6 Å². The molecule has 0 aromatic rings. The van der Waals surface area contributed by atoms with E-state index in [-0.39, 0.29) is 0 Å². The van der Waals surface area contributed by atoms with E-state index in [0.717, 1.165) is 0 Å². The number of rotatable bonds is 0. The average molecular weight is 506 g/mol. The first-order valence-corrected chi connectivity index (χ1v) is 6.81. The molecule has 2 saturated carbocycles. The van der Waals surface area contributed by atoms with E-state index in [1.165, 1.54) is 0 Å². The molecule has 0 N–H and O–H groups in total. The minimum atomic E-state index is -4.05. The fraction of sp³-hybridized carbons (Fsp3) is 1.00. The van der Waals surface area contributed by atoms with E-state index in [4.69, 9.17) is 0 Å². The normalized spacial score (nSPS) is 73.9. The summed E-state index contributed by atoms with van der Waals surface area (Å²) >= 11 is 7.60. The predicted molar refractivity (Wildman–Crippen MR) is 58.7 cm³/mol. The summed E-state index contributed by atoms with van der Waals surface area (Å²) < 4.78 is 67.0. The molecule has 0 bridgehead atoms. The second-order valence-corrected chi connectivity index (χ2v) is 7.99. The lowest BCUT2D eigenvalue weighted by atomic mass is 9.49. The summed E-state index contributed by atoms with van der Waals surface area (Å²) in [6.45, 7) is 0. The average Bonchev–Trinajstić information content (AvgIpc) is 2.12. The highest BCUT2D eigenvalue weighted by Crippen LogP contribution is 2.89. The van der Waals surface area contributed by atoms with E-state index in [1.54, 1.807) is 0 Å².